The molecule has 0 heterocycles. The van der Waals surface area contributed by atoms with Crippen molar-refractivity contribution < 1.29 is 26.7 Å². The number of hydrogen-bond acceptors (Lipinski definition) is 4. The maximum atomic E-state index is 11.0. The van der Waals surface area contributed by atoms with Crippen molar-refractivity contribution in [3.05, 3.63) is 24.3 Å². The number of hydrogen-bond donors (Lipinski definition) is 0. The van der Waals surface area contributed by atoms with Gasteiger partial charge in [-0.3, -0.25) is 19.6 Å². The zero-order valence-electron chi connectivity index (χ0n) is 12.7. The summed E-state index contributed by atoms with van der Waals surface area (Å²) in [5.41, 5.74) is 3.08. The van der Waals surface area contributed by atoms with Crippen LogP contribution in [0.2, 0.25) is 0 Å². The smallest absolute Gasteiger partial charge is 0.135 e. The minimum Gasteiger partial charge on any atom is -0.300 e. The molecular formula is C16H20CuN2O2. The van der Waals surface area contributed by atoms with Gasteiger partial charge in [-0.15, -0.1) is 0 Å². The van der Waals surface area contributed by atoms with Crippen molar-refractivity contribution in [2.75, 3.05) is 0 Å². The van der Waals surface area contributed by atoms with Gasteiger partial charge in [0.2, 0.25) is 0 Å². The Morgan fingerprint density at radius 3 is 1.57 bits per heavy atom. The molecule has 4 nitrogen and oxygen atoms in total. The fourth-order valence-electron chi connectivity index (χ4n) is 1.87. The summed E-state index contributed by atoms with van der Waals surface area (Å²) in [6, 6.07) is 7.43. The van der Waals surface area contributed by atoms with Gasteiger partial charge in [-0.25, -0.2) is 0 Å². The first kappa shape index (κ1) is 19.4. The second kappa shape index (κ2) is 9.37. The van der Waals surface area contributed by atoms with E-state index in [1.165, 1.54) is 0 Å². The van der Waals surface area contributed by atoms with Crippen LogP contribution in [0, 0.1) is 0 Å². The maximum Gasteiger partial charge on any atom is 0.135 e. The summed E-state index contributed by atoms with van der Waals surface area (Å²) in [4.78, 5) is 30.8. The molecular weight excluding hydrogens is 316 g/mol. The van der Waals surface area contributed by atoms with E-state index >= 15 is 0 Å². The summed E-state index contributed by atoms with van der Waals surface area (Å²) in [6.45, 7) is 6.76. The number of aliphatic imine (C=N–C) groups is 2. The Morgan fingerprint density at radius 1 is 0.857 bits per heavy atom. The quantitative estimate of drug-likeness (QED) is 0.586. The van der Waals surface area contributed by atoms with Gasteiger partial charge < -0.3 is 0 Å². The molecule has 0 fully saturated rings. The zero-order chi connectivity index (χ0) is 15.1. The molecule has 5 heteroatoms. The number of ketones is 2. The van der Waals surface area contributed by atoms with Crippen LogP contribution in [0.1, 0.15) is 40.5 Å². The predicted octanol–water partition coefficient (Wildman–Crippen LogP) is 3.83. The first-order valence-electron chi connectivity index (χ1n) is 6.54. The van der Waals surface area contributed by atoms with Crippen LogP contribution >= 0.6 is 0 Å². The van der Waals surface area contributed by atoms with Gasteiger partial charge in [-0.1, -0.05) is 6.07 Å². The van der Waals surface area contributed by atoms with Crippen LogP contribution in [-0.4, -0.2) is 23.0 Å². The largest absolute Gasteiger partial charge is 0.300 e. The molecule has 1 rings (SSSR count). The van der Waals surface area contributed by atoms with Crippen LogP contribution in [0.4, 0.5) is 11.4 Å². The number of Topliss-reactive ketones (excluding diaryl/α,β-unsaturated/α-hetero) is 2. The molecule has 21 heavy (non-hydrogen) atoms. The minimum atomic E-state index is 0. The second-order valence-electron chi connectivity index (χ2n) is 4.97. The van der Waals surface area contributed by atoms with Crippen LogP contribution in [0.25, 0.3) is 0 Å². The van der Waals surface area contributed by atoms with E-state index in [-0.39, 0.29) is 28.6 Å². The van der Waals surface area contributed by atoms with Crippen molar-refractivity contribution in [3.63, 3.8) is 0 Å². The topological polar surface area (TPSA) is 58.9 Å². The van der Waals surface area contributed by atoms with Gasteiger partial charge in [0, 0.05) is 41.3 Å². The fraction of sp³-hybridized carbons (Fsp3) is 0.375. The third-order valence-electron chi connectivity index (χ3n) is 2.48. The molecule has 1 aromatic carbocycles. The molecule has 0 atom stereocenters. The number of nitrogens with zero attached hydrogens (tertiary/aromatic N) is 2. The van der Waals surface area contributed by atoms with Crippen molar-refractivity contribution in [1.82, 2.24) is 0 Å². The summed E-state index contributed by atoms with van der Waals surface area (Å²) in [6.07, 6.45) is 0.716. The SMILES string of the molecule is CC(=O)CC(C)=Nc1cccc(N=C(C)CC(C)=O)c1.[Cu]. The molecule has 0 N–H and O–H groups in total. The van der Waals surface area contributed by atoms with Gasteiger partial charge in [-0.05, 0) is 45.9 Å². The van der Waals surface area contributed by atoms with Gasteiger partial charge in [0.05, 0.1) is 11.4 Å². The van der Waals surface area contributed by atoms with E-state index in [0.717, 1.165) is 22.8 Å². The van der Waals surface area contributed by atoms with Crippen LogP contribution in [0.15, 0.2) is 34.3 Å². The molecule has 0 aliphatic heterocycles. The molecule has 117 valence electrons. The van der Waals surface area contributed by atoms with E-state index in [1.54, 1.807) is 13.8 Å². The molecule has 0 amide bonds. The molecule has 0 saturated carbocycles. The Balaban J connectivity index is 0.00000400. The average Bonchev–Trinajstić information content (AvgIpc) is 2.26. The standard InChI is InChI=1S/C16H20N2O2.Cu/c1-11(8-13(3)19)17-15-6-5-7-16(10-15)18-12(2)9-14(4)20;/h5-7,10H,8-9H2,1-4H3;. The summed E-state index contributed by atoms with van der Waals surface area (Å²) in [5, 5.41) is 0. The van der Waals surface area contributed by atoms with E-state index in [2.05, 4.69) is 9.98 Å². The number of benzene rings is 1. The molecule has 1 aromatic rings. The summed E-state index contributed by atoms with van der Waals surface area (Å²) in [5.74, 6) is 0.190. The van der Waals surface area contributed by atoms with E-state index in [1.807, 2.05) is 38.1 Å². The Hall–Kier alpha value is -1.58. The van der Waals surface area contributed by atoms with Crippen molar-refractivity contribution in [3.8, 4) is 0 Å². The number of rotatable bonds is 6. The van der Waals surface area contributed by atoms with Crippen LogP contribution in [0.5, 0.6) is 0 Å². The molecule has 0 unspecified atom stereocenters. The molecule has 0 aromatic heterocycles. The molecule has 0 bridgehead atoms. The monoisotopic (exact) mass is 335 g/mol. The molecule has 0 aliphatic carbocycles. The van der Waals surface area contributed by atoms with Gasteiger partial charge in [0.15, 0.2) is 0 Å². The Bertz CT molecular complexity index is 530. The van der Waals surface area contributed by atoms with Crippen molar-refractivity contribution in [2.24, 2.45) is 9.98 Å². The van der Waals surface area contributed by atoms with Crippen LogP contribution < -0.4 is 0 Å². The number of carbonyl (C=O) groups excluding carboxylic acids is 2. The first-order chi connectivity index (χ1) is 9.36. The zero-order valence-corrected chi connectivity index (χ0v) is 13.7. The average molecular weight is 336 g/mol. The Kier molecular flexibility index (Phi) is 8.67. The summed E-state index contributed by atoms with van der Waals surface area (Å²) in [7, 11) is 0. The molecule has 0 spiro atoms. The molecule has 0 aliphatic rings. The van der Waals surface area contributed by atoms with Crippen molar-refractivity contribution in [1.29, 1.82) is 0 Å². The van der Waals surface area contributed by atoms with Gasteiger partial charge in [0.25, 0.3) is 0 Å². The predicted molar refractivity (Wildman–Crippen MR) is 82.6 cm³/mol. The molecule has 1 radical (unpaired) electrons. The first-order valence-corrected chi connectivity index (χ1v) is 6.54. The third kappa shape index (κ3) is 8.33. The second-order valence-corrected chi connectivity index (χ2v) is 4.97. The van der Waals surface area contributed by atoms with Gasteiger partial charge in [-0.2, -0.15) is 0 Å². The summed E-state index contributed by atoms with van der Waals surface area (Å²) >= 11 is 0. The normalized spacial score (nSPS) is 11.8. The maximum absolute atomic E-state index is 11.0. The van der Waals surface area contributed by atoms with Gasteiger partial charge >= 0.3 is 0 Å². The van der Waals surface area contributed by atoms with E-state index in [0.29, 0.717) is 12.8 Å². The third-order valence-corrected chi connectivity index (χ3v) is 2.48. The van der Waals surface area contributed by atoms with E-state index in [4.69, 9.17) is 0 Å². The summed E-state index contributed by atoms with van der Waals surface area (Å²) < 4.78 is 0. The molecule has 0 saturated heterocycles. The van der Waals surface area contributed by atoms with Gasteiger partial charge in [0.1, 0.15) is 11.6 Å². The van der Waals surface area contributed by atoms with E-state index < -0.39 is 0 Å². The van der Waals surface area contributed by atoms with Crippen LogP contribution in [-0.2, 0) is 26.7 Å². The van der Waals surface area contributed by atoms with Crippen molar-refractivity contribution >= 4 is 34.4 Å². The Labute approximate surface area is 136 Å². The van der Waals surface area contributed by atoms with E-state index in [9.17, 15) is 9.59 Å². The van der Waals surface area contributed by atoms with Crippen molar-refractivity contribution in [2.45, 2.75) is 40.5 Å². The minimum absolute atomic E-state index is 0. The Morgan fingerprint density at radius 2 is 1.24 bits per heavy atom. The number of carbonyl (C=O) groups is 2. The van der Waals surface area contributed by atoms with Crippen LogP contribution in [0.3, 0.4) is 0 Å². The fourth-order valence-corrected chi connectivity index (χ4v) is 1.87.